The van der Waals surface area contributed by atoms with Crippen LogP contribution in [0.1, 0.15) is 41.5 Å². The second-order valence-electron chi connectivity index (χ2n) is 9.04. The second kappa shape index (κ2) is 9.24. The fraction of sp³-hybridized carbons (Fsp3) is 0.727. The van der Waals surface area contributed by atoms with E-state index in [4.69, 9.17) is 4.74 Å². The molecule has 0 bridgehead atoms. The molecule has 0 N–H and O–H groups in total. The highest BCUT2D eigenvalue weighted by molar-refractivity contribution is 6.97. The molecule has 0 amide bonds. The lowest BCUT2D eigenvalue weighted by atomic mass is 10.3. The van der Waals surface area contributed by atoms with Crippen LogP contribution < -0.4 is 20.3 Å². The lowest BCUT2D eigenvalue weighted by Gasteiger charge is -2.37. The normalized spacial score (nSPS) is 13.2. The Morgan fingerprint density at radius 3 is 1.15 bits per heavy atom. The molecule has 0 saturated heterocycles. The minimum Gasteiger partial charge on any atom is -0.497 e. The summed E-state index contributed by atoms with van der Waals surface area (Å²) in [6.45, 7) is 22.0. The van der Waals surface area contributed by atoms with Gasteiger partial charge in [0.2, 0.25) is 0 Å². The summed E-state index contributed by atoms with van der Waals surface area (Å²) >= 11 is 0. The first-order valence-corrected chi connectivity index (χ1v) is 19.6. The van der Waals surface area contributed by atoms with Crippen molar-refractivity contribution in [2.75, 3.05) is 7.11 Å². The van der Waals surface area contributed by atoms with Gasteiger partial charge in [-0.3, -0.25) is 0 Å². The van der Waals surface area contributed by atoms with Crippen molar-refractivity contribution in [1.29, 1.82) is 0 Å². The molecule has 0 atom stereocenters. The van der Waals surface area contributed by atoms with Gasteiger partial charge in [0.25, 0.3) is 0 Å². The van der Waals surface area contributed by atoms with Gasteiger partial charge in [-0.1, -0.05) is 115 Å². The Hall–Kier alpha value is -0.329. The summed E-state index contributed by atoms with van der Waals surface area (Å²) < 4.78 is 6.25. The molecule has 0 saturated carbocycles. The molecule has 1 aromatic rings. The third-order valence-electron chi connectivity index (χ3n) is 7.36. The van der Waals surface area contributed by atoms with Gasteiger partial charge in [-0.2, -0.15) is 0 Å². The largest absolute Gasteiger partial charge is 0.497 e. The smallest absolute Gasteiger partial charge is 0.117 e. The van der Waals surface area contributed by atoms with Crippen LogP contribution in [0.3, 0.4) is 0 Å². The van der Waals surface area contributed by atoms with Crippen molar-refractivity contribution in [3.8, 4) is 5.75 Å². The van der Waals surface area contributed by atoms with Crippen LogP contribution in [0.5, 0.6) is 5.75 Å². The van der Waals surface area contributed by atoms with Gasteiger partial charge in [-0.05, 0) is 10.4 Å². The van der Waals surface area contributed by atoms with E-state index in [1.807, 2.05) is 7.11 Å². The summed E-state index contributed by atoms with van der Waals surface area (Å²) in [5.74, 6) is 1.31. The number of benzene rings is 1. The molecule has 0 spiro atoms. The number of hydrogen-bond donors (Lipinski definition) is 0. The standard InChI is InChI=1S/C22H44OSi3/c1-11-25(12-2,13-3)20-17-19(24(8,9)10)18-21(22(20)23-7)26(14-4,15-5)16-6/h17-18H,11-16H2,1-10H3. The summed E-state index contributed by atoms with van der Waals surface area (Å²) in [5.41, 5.74) is 0. The monoisotopic (exact) mass is 408 g/mol. The van der Waals surface area contributed by atoms with Crippen molar-refractivity contribution in [2.45, 2.75) is 97.4 Å². The first-order valence-electron chi connectivity index (χ1n) is 10.9. The van der Waals surface area contributed by atoms with Crippen molar-refractivity contribution in [3.05, 3.63) is 12.1 Å². The Balaban J connectivity index is 4.00. The van der Waals surface area contributed by atoms with Crippen molar-refractivity contribution in [1.82, 2.24) is 0 Å². The highest BCUT2D eigenvalue weighted by Crippen LogP contribution is 2.29. The number of ether oxygens (including phenoxy) is 1. The third kappa shape index (κ3) is 4.22. The molecule has 4 heteroatoms. The highest BCUT2D eigenvalue weighted by atomic mass is 28.3. The molecule has 26 heavy (non-hydrogen) atoms. The molecule has 0 unspecified atom stereocenters. The molecule has 0 aromatic heterocycles. The van der Waals surface area contributed by atoms with Gasteiger partial charge in [0.15, 0.2) is 0 Å². The first kappa shape index (κ1) is 23.7. The maximum Gasteiger partial charge on any atom is 0.117 e. The Bertz CT molecular complexity index is 524. The van der Waals surface area contributed by atoms with E-state index in [0.29, 0.717) is 0 Å². The summed E-state index contributed by atoms with van der Waals surface area (Å²) in [7, 11) is -2.45. The zero-order chi connectivity index (χ0) is 20.2. The molecule has 1 aromatic carbocycles. The van der Waals surface area contributed by atoms with E-state index < -0.39 is 24.2 Å². The van der Waals surface area contributed by atoms with E-state index in [2.05, 4.69) is 73.3 Å². The van der Waals surface area contributed by atoms with Gasteiger partial charge in [-0.15, -0.1) is 0 Å². The molecular formula is C22H44OSi3. The average Bonchev–Trinajstić information content (AvgIpc) is 2.64. The van der Waals surface area contributed by atoms with Crippen molar-refractivity contribution < 1.29 is 4.74 Å². The molecule has 0 heterocycles. The van der Waals surface area contributed by atoms with Gasteiger partial charge in [0, 0.05) is 0 Å². The Morgan fingerprint density at radius 1 is 0.654 bits per heavy atom. The van der Waals surface area contributed by atoms with E-state index in [-0.39, 0.29) is 0 Å². The van der Waals surface area contributed by atoms with Crippen LogP contribution in [0.2, 0.25) is 55.9 Å². The fourth-order valence-corrected chi connectivity index (χ4v) is 13.9. The van der Waals surface area contributed by atoms with Gasteiger partial charge in [0.1, 0.15) is 5.75 Å². The van der Waals surface area contributed by atoms with E-state index in [1.165, 1.54) is 42.0 Å². The van der Waals surface area contributed by atoms with Gasteiger partial charge in [0.05, 0.1) is 31.3 Å². The Labute approximate surface area is 167 Å². The lowest BCUT2D eigenvalue weighted by molar-refractivity contribution is 0.420. The topological polar surface area (TPSA) is 9.23 Å². The van der Waals surface area contributed by atoms with Crippen LogP contribution in [0.4, 0.5) is 0 Å². The lowest BCUT2D eigenvalue weighted by Crippen LogP contribution is -2.57. The number of methoxy groups -OCH3 is 1. The average molecular weight is 409 g/mol. The third-order valence-corrected chi connectivity index (χ3v) is 20.5. The SMILES string of the molecule is CC[Si](CC)(CC)c1cc([Si](C)(C)C)cc([Si](CC)(CC)CC)c1OC. The fourth-order valence-electron chi connectivity index (χ4n) is 4.71. The molecule has 1 rings (SSSR count). The molecule has 0 radical (unpaired) electrons. The van der Waals surface area contributed by atoms with Crippen LogP contribution >= 0.6 is 0 Å². The van der Waals surface area contributed by atoms with Gasteiger partial charge < -0.3 is 4.74 Å². The number of hydrogen-bond acceptors (Lipinski definition) is 1. The molecule has 150 valence electrons. The Morgan fingerprint density at radius 2 is 0.962 bits per heavy atom. The molecule has 0 aliphatic carbocycles. The zero-order valence-electron chi connectivity index (χ0n) is 19.3. The van der Waals surface area contributed by atoms with E-state index in [1.54, 1.807) is 15.6 Å². The number of rotatable bonds is 10. The molecular weight excluding hydrogens is 364 g/mol. The highest BCUT2D eigenvalue weighted by Gasteiger charge is 2.39. The van der Waals surface area contributed by atoms with Crippen molar-refractivity contribution >= 4 is 39.8 Å². The minimum absolute atomic E-state index is 1.31. The van der Waals surface area contributed by atoms with Crippen LogP contribution in [0, 0.1) is 0 Å². The minimum atomic E-state index is -1.50. The van der Waals surface area contributed by atoms with E-state index in [0.717, 1.165) is 0 Å². The molecule has 1 nitrogen and oxygen atoms in total. The van der Waals surface area contributed by atoms with Crippen LogP contribution in [0.25, 0.3) is 0 Å². The molecule has 0 aliphatic heterocycles. The van der Waals surface area contributed by atoms with Crippen LogP contribution in [-0.2, 0) is 0 Å². The van der Waals surface area contributed by atoms with E-state index >= 15 is 0 Å². The molecule has 0 aliphatic rings. The predicted octanol–water partition coefficient (Wildman–Crippen LogP) is 5.67. The molecule has 0 fully saturated rings. The zero-order valence-corrected chi connectivity index (χ0v) is 22.3. The van der Waals surface area contributed by atoms with Crippen LogP contribution in [-0.4, -0.2) is 31.3 Å². The maximum absolute atomic E-state index is 6.25. The summed E-state index contributed by atoms with van der Waals surface area (Å²) in [4.78, 5) is 0. The van der Waals surface area contributed by atoms with Gasteiger partial charge >= 0.3 is 0 Å². The second-order valence-corrected chi connectivity index (χ2v) is 24.6. The summed E-state index contributed by atoms with van der Waals surface area (Å²) in [5, 5.41) is 4.95. The summed E-state index contributed by atoms with van der Waals surface area (Å²) in [6, 6.07) is 13.2. The van der Waals surface area contributed by atoms with Crippen molar-refractivity contribution in [2.24, 2.45) is 0 Å². The van der Waals surface area contributed by atoms with Crippen LogP contribution in [0.15, 0.2) is 12.1 Å². The van der Waals surface area contributed by atoms with E-state index in [9.17, 15) is 0 Å². The maximum atomic E-state index is 6.25. The predicted molar refractivity (Wildman–Crippen MR) is 130 cm³/mol. The first-order chi connectivity index (χ1) is 12.1. The Kier molecular flexibility index (Phi) is 8.43. The quantitative estimate of drug-likeness (QED) is 0.453. The summed E-state index contributed by atoms with van der Waals surface area (Å²) in [6.07, 6.45) is 0. The van der Waals surface area contributed by atoms with Crippen molar-refractivity contribution in [3.63, 3.8) is 0 Å². The van der Waals surface area contributed by atoms with Gasteiger partial charge in [-0.25, -0.2) is 0 Å².